The van der Waals surface area contributed by atoms with E-state index in [0.717, 1.165) is 11.4 Å². The Morgan fingerprint density at radius 2 is 2.10 bits per heavy atom. The highest BCUT2D eigenvalue weighted by Crippen LogP contribution is 2.41. The maximum atomic E-state index is 11.0. The van der Waals surface area contributed by atoms with Crippen LogP contribution in [0.1, 0.15) is 29.5 Å². The molecular weight excluding hydrogens is 272 g/mol. The van der Waals surface area contributed by atoms with Crippen molar-refractivity contribution >= 4 is 23.0 Å². The molecule has 1 fully saturated rings. The third-order valence-corrected chi connectivity index (χ3v) is 4.35. The molecule has 1 aromatic carbocycles. The van der Waals surface area contributed by atoms with Crippen molar-refractivity contribution in [1.82, 2.24) is 4.98 Å². The van der Waals surface area contributed by atoms with Gasteiger partial charge < -0.3 is 10.0 Å². The number of carbonyl (C=O) groups is 1. The highest BCUT2D eigenvalue weighted by molar-refractivity contribution is 7.09. The van der Waals surface area contributed by atoms with Crippen molar-refractivity contribution in [2.24, 2.45) is 0 Å². The normalized spacial score (nSPS) is 14.2. The smallest absolute Gasteiger partial charge is 0.323 e. The van der Waals surface area contributed by atoms with E-state index in [1.165, 1.54) is 17.8 Å². The van der Waals surface area contributed by atoms with Crippen LogP contribution in [-0.2, 0) is 11.3 Å². The lowest BCUT2D eigenvalue weighted by molar-refractivity contribution is -0.135. The summed E-state index contributed by atoms with van der Waals surface area (Å²) in [5.41, 5.74) is 1.87. The van der Waals surface area contributed by atoms with Crippen molar-refractivity contribution in [3.8, 4) is 0 Å². The molecule has 1 aliphatic rings. The van der Waals surface area contributed by atoms with Crippen LogP contribution in [0.4, 0.5) is 5.69 Å². The Hall–Kier alpha value is -1.88. The van der Waals surface area contributed by atoms with Gasteiger partial charge in [0.05, 0.1) is 17.2 Å². The first-order valence-corrected chi connectivity index (χ1v) is 7.56. The second kappa shape index (κ2) is 5.63. The van der Waals surface area contributed by atoms with Gasteiger partial charge in [0.2, 0.25) is 0 Å². The van der Waals surface area contributed by atoms with Crippen molar-refractivity contribution in [2.45, 2.75) is 25.3 Å². The molecule has 1 heterocycles. The maximum Gasteiger partial charge on any atom is 0.323 e. The molecule has 1 saturated carbocycles. The number of nitrogens with zero attached hydrogens (tertiary/aromatic N) is 2. The molecule has 3 rings (SSSR count). The van der Waals surface area contributed by atoms with Crippen LogP contribution < -0.4 is 4.90 Å². The molecule has 0 aliphatic heterocycles. The molecule has 0 unspecified atom stereocenters. The maximum absolute atomic E-state index is 11.0. The van der Waals surface area contributed by atoms with Gasteiger partial charge in [-0.05, 0) is 25.0 Å². The minimum Gasteiger partial charge on any atom is -0.480 e. The fourth-order valence-corrected chi connectivity index (χ4v) is 3.13. The molecule has 5 heteroatoms. The van der Waals surface area contributed by atoms with Crippen molar-refractivity contribution in [1.29, 1.82) is 0 Å². The van der Waals surface area contributed by atoms with Gasteiger partial charge in [-0.3, -0.25) is 4.79 Å². The van der Waals surface area contributed by atoms with Crippen molar-refractivity contribution in [2.75, 3.05) is 11.4 Å². The largest absolute Gasteiger partial charge is 0.480 e. The summed E-state index contributed by atoms with van der Waals surface area (Å²) in [5.74, 6) is -0.176. The summed E-state index contributed by atoms with van der Waals surface area (Å²) < 4.78 is 0. The zero-order chi connectivity index (χ0) is 13.9. The minimum atomic E-state index is -0.827. The van der Waals surface area contributed by atoms with Gasteiger partial charge in [-0.25, -0.2) is 4.98 Å². The quantitative estimate of drug-likeness (QED) is 0.887. The number of rotatable bonds is 6. The number of benzene rings is 1. The molecule has 1 aliphatic carbocycles. The lowest BCUT2D eigenvalue weighted by Crippen LogP contribution is -2.29. The first-order chi connectivity index (χ1) is 9.72. The van der Waals surface area contributed by atoms with Gasteiger partial charge in [0, 0.05) is 17.0 Å². The Bertz CT molecular complexity index is 593. The summed E-state index contributed by atoms with van der Waals surface area (Å²) in [7, 11) is 0. The Morgan fingerprint density at radius 3 is 2.75 bits per heavy atom. The van der Waals surface area contributed by atoms with Crippen LogP contribution in [0.25, 0.3) is 0 Å². The van der Waals surface area contributed by atoms with Crippen molar-refractivity contribution in [3.63, 3.8) is 0 Å². The second-order valence-corrected chi connectivity index (χ2v) is 5.93. The zero-order valence-corrected chi connectivity index (χ0v) is 11.8. The van der Waals surface area contributed by atoms with Gasteiger partial charge in [-0.2, -0.15) is 0 Å². The minimum absolute atomic E-state index is 0.0136. The molecule has 0 saturated heterocycles. The van der Waals surface area contributed by atoms with Crippen LogP contribution in [0.15, 0.2) is 35.7 Å². The number of carboxylic acids is 1. The summed E-state index contributed by atoms with van der Waals surface area (Å²) in [6, 6.07) is 9.62. The van der Waals surface area contributed by atoms with E-state index >= 15 is 0 Å². The molecule has 0 spiro atoms. The van der Waals surface area contributed by atoms with Gasteiger partial charge in [0.25, 0.3) is 0 Å². The van der Waals surface area contributed by atoms with Gasteiger partial charge in [0.15, 0.2) is 0 Å². The first kappa shape index (κ1) is 13.1. The second-order valence-electron chi connectivity index (χ2n) is 5.04. The molecule has 0 amide bonds. The van der Waals surface area contributed by atoms with Gasteiger partial charge in [-0.1, -0.05) is 18.2 Å². The van der Waals surface area contributed by atoms with E-state index in [1.807, 2.05) is 40.6 Å². The molecular formula is C15H16N2O2S. The number of aliphatic carboxylic acids is 1. The number of para-hydroxylation sites is 1. The molecule has 1 aromatic heterocycles. The van der Waals surface area contributed by atoms with E-state index in [9.17, 15) is 4.79 Å². The number of thiazole rings is 1. The Morgan fingerprint density at radius 1 is 1.35 bits per heavy atom. The summed E-state index contributed by atoms with van der Waals surface area (Å²) >= 11 is 1.69. The lowest BCUT2D eigenvalue weighted by atomic mass is 10.2. The predicted molar refractivity (Wildman–Crippen MR) is 79.2 cm³/mol. The summed E-state index contributed by atoms with van der Waals surface area (Å²) in [4.78, 5) is 17.5. The summed E-state index contributed by atoms with van der Waals surface area (Å²) in [6.45, 7) is 0.528. The van der Waals surface area contributed by atoms with E-state index in [2.05, 4.69) is 4.98 Å². The zero-order valence-electron chi connectivity index (χ0n) is 11.0. The summed E-state index contributed by atoms with van der Waals surface area (Å²) in [5, 5.41) is 12.3. The van der Waals surface area contributed by atoms with Crippen molar-refractivity contribution in [3.05, 3.63) is 46.4 Å². The molecule has 20 heavy (non-hydrogen) atoms. The average molecular weight is 288 g/mol. The SMILES string of the molecule is O=C(O)CN(Cc1csc(C2CC2)n1)c1ccccc1. The highest BCUT2D eigenvalue weighted by Gasteiger charge is 2.26. The molecule has 2 aromatic rings. The van der Waals surface area contributed by atoms with E-state index in [-0.39, 0.29) is 6.54 Å². The number of carboxylic acid groups (broad SMARTS) is 1. The summed E-state index contributed by atoms with van der Waals surface area (Å²) in [6.07, 6.45) is 2.48. The average Bonchev–Trinajstić information content (AvgIpc) is 3.19. The predicted octanol–water partition coefficient (Wildman–Crippen LogP) is 3.11. The fourth-order valence-electron chi connectivity index (χ4n) is 2.15. The Balaban J connectivity index is 1.76. The lowest BCUT2D eigenvalue weighted by Gasteiger charge is -2.21. The molecule has 0 radical (unpaired) electrons. The number of aromatic nitrogens is 1. The Kier molecular flexibility index (Phi) is 3.69. The van der Waals surface area contributed by atoms with Crippen LogP contribution >= 0.6 is 11.3 Å². The monoisotopic (exact) mass is 288 g/mol. The van der Waals surface area contributed by atoms with E-state index in [4.69, 9.17) is 5.11 Å². The van der Waals surface area contributed by atoms with Crippen molar-refractivity contribution < 1.29 is 9.90 Å². The molecule has 4 nitrogen and oxygen atoms in total. The van der Waals surface area contributed by atoms with E-state index < -0.39 is 5.97 Å². The molecule has 1 N–H and O–H groups in total. The third kappa shape index (κ3) is 3.17. The third-order valence-electron chi connectivity index (χ3n) is 3.30. The van der Waals surface area contributed by atoms with Gasteiger partial charge in [0.1, 0.15) is 6.54 Å². The number of hydrogen-bond acceptors (Lipinski definition) is 4. The highest BCUT2D eigenvalue weighted by atomic mass is 32.1. The number of hydrogen-bond donors (Lipinski definition) is 1. The molecule has 0 bridgehead atoms. The Labute approximate surface area is 121 Å². The van der Waals surface area contributed by atoms with Gasteiger partial charge in [-0.15, -0.1) is 11.3 Å². The van der Waals surface area contributed by atoms with E-state index in [0.29, 0.717) is 12.5 Å². The van der Waals surface area contributed by atoms with Gasteiger partial charge >= 0.3 is 5.97 Å². The van der Waals surface area contributed by atoms with Crippen LogP contribution in [0.3, 0.4) is 0 Å². The van der Waals surface area contributed by atoms with Crippen LogP contribution in [0.5, 0.6) is 0 Å². The van der Waals surface area contributed by atoms with Crippen LogP contribution in [0.2, 0.25) is 0 Å². The first-order valence-electron chi connectivity index (χ1n) is 6.68. The molecule has 0 atom stereocenters. The van der Waals surface area contributed by atoms with Crippen LogP contribution in [-0.4, -0.2) is 22.6 Å². The topological polar surface area (TPSA) is 53.4 Å². The van der Waals surface area contributed by atoms with Crippen LogP contribution in [0, 0.1) is 0 Å². The fraction of sp³-hybridized carbons (Fsp3) is 0.333. The number of anilines is 1. The molecule has 104 valence electrons. The van der Waals surface area contributed by atoms with E-state index in [1.54, 1.807) is 11.3 Å². The standard InChI is InChI=1S/C15H16N2O2S/c18-14(19)9-17(13-4-2-1-3-5-13)8-12-10-20-15(16-12)11-6-7-11/h1-5,10-11H,6-9H2,(H,18,19).